The molecule has 2 rings (SSSR count). The van der Waals surface area contributed by atoms with Crippen molar-refractivity contribution in [2.45, 2.75) is 26.7 Å². The molecule has 0 saturated heterocycles. The SMILES string of the molecule is CNCC(C)(C)CCc1ccc(-c2ccccc2)cc1. The van der Waals surface area contributed by atoms with E-state index in [-0.39, 0.29) is 0 Å². The average molecular weight is 267 g/mol. The first-order valence-corrected chi connectivity index (χ1v) is 7.40. The van der Waals surface area contributed by atoms with E-state index in [1.54, 1.807) is 0 Å². The third-order valence-electron chi connectivity index (χ3n) is 3.81. The standard InChI is InChI=1S/C19H25N/c1-19(2,15-20-3)14-13-16-9-11-18(12-10-16)17-7-5-4-6-8-17/h4-12,20H,13-15H2,1-3H3. The number of benzene rings is 2. The van der Waals surface area contributed by atoms with E-state index >= 15 is 0 Å². The number of rotatable bonds is 6. The van der Waals surface area contributed by atoms with Crippen molar-refractivity contribution in [1.82, 2.24) is 5.32 Å². The molecule has 20 heavy (non-hydrogen) atoms. The van der Waals surface area contributed by atoms with Gasteiger partial charge in [0, 0.05) is 0 Å². The predicted octanol–water partition coefficient (Wildman–Crippen LogP) is 4.53. The fraction of sp³-hybridized carbons (Fsp3) is 0.368. The van der Waals surface area contributed by atoms with Crippen LogP contribution in [0.4, 0.5) is 0 Å². The first-order chi connectivity index (χ1) is 9.61. The molecule has 0 amide bonds. The second-order valence-corrected chi connectivity index (χ2v) is 6.26. The van der Waals surface area contributed by atoms with Gasteiger partial charge in [-0.3, -0.25) is 0 Å². The first kappa shape index (κ1) is 14.8. The van der Waals surface area contributed by atoms with E-state index in [2.05, 4.69) is 73.8 Å². The molecule has 2 aromatic carbocycles. The zero-order chi connectivity index (χ0) is 14.4. The summed E-state index contributed by atoms with van der Waals surface area (Å²) in [4.78, 5) is 0. The van der Waals surface area contributed by atoms with Crippen LogP contribution >= 0.6 is 0 Å². The monoisotopic (exact) mass is 267 g/mol. The molecule has 106 valence electrons. The molecule has 0 heterocycles. The Bertz CT molecular complexity index is 511. The van der Waals surface area contributed by atoms with E-state index in [1.165, 1.54) is 23.1 Å². The van der Waals surface area contributed by atoms with Crippen LogP contribution in [0, 0.1) is 5.41 Å². The van der Waals surface area contributed by atoms with Gasteiger partial charge in [0.05, 0.1) is 0 Å². The second-order valence-electron chi connectivity index (χ2n) is 6.26. The van der Waals surface area contributed by atoms with E-state index in [9.17, 15) is 0 Å². The zero-order valence-electron chi connectivity index (χ0n) is 12.8. The maximum Gasteiger partial charge on any atom is -0.0000373 e. The summed E-state index contributed by atoms with van der Waals surface area (Å²) in [6.07, 6.45) is 2.35. The van der Waals surface area contributed by atoms with Crippen molar-refractivity contribution in [2.24, 2.45) is 5.41 Å². The van der Waals surface area contributed by atoms with E-state index < -0.39 is 0 Å². The van der Waals surface area contributed by atoms with Gasteiger partial charge < -0.3 is 5.32 Å². The van der Waals surface area contributed by atoms with Crippen molar-refractivity contribution >= 4 is 0 Å². The molecule has 0 atom stereocenters. The smallest absolute Gasteiger partial charge is 0.0000373 e. The fourth-order valence-corrected chi connectivity index (χ4v) is 2.54. The highest BCUT2D eigenvalue weighted by molar-refractivity contribution is 5.63. The van der Waals surface area contributed by atoms with Gasteiger partial charge in [0.2, 0.25) is 0 Å². The number of hydrogen-bond donors (Lipinski definition) is 1. The Morgan fingerprint density at radius 1 is 0.850 bits per heavy atom. The van der Waals surface area contributed by atoms with Gasteiger partial charge in [0.1, 0.15) is 0 Å². The van der Waals surface area contributed by atoms with Crippen LogP contribution < -0.4 is 5.32 Å². The molecule has 1 heteroatoms. The molecule has 0 unspecified atom stereocenters. The van der Waals surface area contributed by atoms with Gasteiger partial charge in [-0.15, -0.1) is 0 Å². The minimum atomic E-state index is 0.354. The Labute approximate surface area is 123 Å². The molecule has 0 fully saturated rings. The normalized spacial score (nSPS) is 11.6. The maximum absolute atomic E-state index is 3.27. The molecular weight excluding hydrogens is 242 g/mol. The van der Waals surface area contributed by atoms with Crippen molar-refractivity contribution in [2.75, 3.05) is 13.6 Å². The van der Waals surface area contributed by atoms with E-state index in [4.69, 9.17) is 0 Å². The summed E-state index contributed by atoms with van der Waals surface area (Å²) in [5, 5.41) is 3.27. The van der Waals surface area contributed by atoms with Crippen molar-refractivity contribution in [3.05, 3.63) is 60.2 Å². The van der Waals surface area contributed by atoms with Crippen LogP contribution in [0.15, 0.2) is 54.6 Å². The molecule has 0 spiro atoms. The molecule has 0 aliphatic heterocycles. The van der Waals surface area contributed by atoms with Crippen LogP contribution in [0.5, 0.6) is 0 Å². The Morgan fingerprint density at radius 3 is 2.05 bits per heavy atom. The second kappa shape index (κ2) is 6.71. The summed E-state index contributed by atoms with van der Waals surface area (Å²) >= 11 is 0. The lowest BCUT2D eigenvalue weighted by molar-refractivity contribution is 0.324. The predicted molar refractivity (Wildman–Crippen MR) is 87.9 cm³/mol. The quantitative estimate of drug-likeness (QED) is 0.810. The molecular formula is C19H25N. The lowest BCUT2D eigenvalue weighted by Gasteiger charge is -2.24. The summed E-state index contributed by atoms with van der Waals surface area (Å²) in [5.74, 6) is 0. The highest BCUT2D eigenvalue weighted by atomic mass is 14.8. The third kappa shape index (κ3) is 4.21. The molecule has 2 aromatic rings. The van der Waals surface area contributed by atoms with Gasteiger partial charge in [0.15, 0.2) is 0 Å². The lowest BCUT2D eigenvalue weighted by atomic mass is 9.86. The Balaban J connectivity index is 1.99. The van der Waals surface area contributed by atoms with Gasteiger partial charge in [-0.2, -0.15) is 0 Å². The summed E-state index contributed by atoms with van der Waals surface area (Å²) in [6, 6.07) is 19.5. The van der Waals surface area contributed by atoms with Gasteiger partial charge >= 0.3 is 0 Å². The van der Waals surface area contributed by atoms with Crippen LogP contribution in [-0.4, -0.2) is 13.6 Å². The van der Waals surface area contributed by atoms with Crippen LogP contribution in [0.2, 0.25) is 0 Å². The number of hydrogen-bond acceptors (Lipinski definition) is 1. The van der Waals surface area contributed by atoms with Crippen LogP contribution in [0.25, 0.3) is 11.1 Å². The van der Waals surface area contributed by atoms with Crippen LogP contribution in [0.3, 0.4) is 0 Å². The Kier molecular flexibility index (Phi) is 4.97. The van der Waals surface area contributed by atoms with E-state index in [1.807, 2.05) is 7.05 Å². The van der Waals surface area contributed by atoms with E-state index in [0.29, 0.717) is 5.41 Å². The molecule has 0 aliphatic carbocycles. The van der Waals surface area contributed by atoms with Gasteiger partial charge in [-0.05, 0) is 48.5 Å². The number of aryl methyl sites for hydroxylation is 1. The molecule has 1 N–H and O–H groups in total. The summed E-state index contributed by atoms with van der Waals surface area (Å²) in [7, 11) is 2.02. The Hall–Kier alpha value is -1.60. The summed E-state index contributed by atoms with van der Waals surface area (Å²) in [6.45, 7) is 5.71. The third-order valence-corrected chi connectivity index (χ3v) is 3.81. The van der Waals surface area contributed by atoms with Crippen molar-refractivity contribution in [3.63, 3.8) is 0 Å². The Morgan fingerprint density at radius 2 is 1.45 bits per heavy atom. The first-order valence-electron chi connectivity index (χ1n) is 7.40. The lowest BCUT2D eigenvalue weighted by Crippen LogP contribution is -2.27. The van der Waals surface area contributed by atoms with Crippen LogP contribution in [-0.2, 0) is 6.42 Å². The van der Waals surface area contributed by atoms with Crippen molar-refractivity contribution in [3.8, 4) is 11.1 Å². The molecule has 0 aliphatic rings. The summed E-state index contributed by atoms with van der Waals surface area (Å²) < 4.78 is 0. The number of nitrogens with one attached hydrogen (secondary N) is 1. The maximum atomic E-state index is 3.27. The highest BCUT2D eigenvalue weighted by Gasteiger charge is 2.16. The van der Waals surface area contributed by atoms with Gasteiger partial charge in [0.25, 0.3) is 0 Å². The van der Waals surface area contributed by atoms with Crippen LogP contribution in [0.1, 0.15) is 25.8 Å². The molecule has 0 saturated carbocycles. The van der Waals surface area contributed by atoms with Crippen molar-refractivity contribution in [1.29, 1.82) is 0 Å². The largest absolute Gasteiger partial charge is 0.319 e. The average Bonchev–Trinajstić information content (AvgIpc) is 2.47. The topological polar surface area (TPSA) is 12.0 Å². The molecule has 0 aromatic heterocycles. The minimum absolute atomic E-state index is 0.354. The minimum Gasteiger partial charge on any atom is -0.319 e. The highest BCUT2D eigenvalue weighted by Crippen LogP contribution is 2.24. The van der Waals surface area contributed by atoms with E-state index in [0.717, 1.165) is 13.0 Å². The summed E-state index contributed by atoms with van der Waals surface area (Å²) in [5.41, 5.74) is 4.36. The fourth-order valence-electron chi connectivity index (χ4n) is 2.54. The van der Waals surface area contributed by atoms with Crippen molar-refractivity contribution < 1.29 is 0 Å². The molecule has 0 bridgehead atoms. The molecule has 1 nitrogen and oxygen atoms in total. The van der Waals surface area contributed by atoms with Gasteiger partial charge in [-0.25, -0.2) is 0 Å². The van der Waals surface area contributed by atoms with Gasteiger partial charge in [-0.1, -0.05) is 68.4 Å². The molecule has 0 radical (unpaired) electrons. The zero-order valence-corrected chi connectivity index (χ0v) is 12.8.